The Hall–Kier alpha value is -3.32. The molecule has 0 spiro atoms. The van der Waals surface area contributed by atoms with Gasteiger partial charge in [0.1, 0.15) is 0 Å². The molecular formula is C29H38N4O3. The molecule has 2 heterocycles. The van der Waals surface area contributed by atoms with Gasteiger partial charge in [0, 0.05) is 44.5 Å². The van der Waals surface area contributed by atoms with Crippen LogP contribution in [0.25, 0.3) is 0 Å². The molecule has 1 aromatic heterocycles. The standard InChI is InChI=1S/C29H38N4O3/c1-22-25(20-32(3)30-22)19-31(2)26(18-23-10-6-5-7-11-23)24-14-16-33(17-15-24)29(34)21-36-28-13-9-8-12-27(28)35-4/h5-13,20,24,26H,14-19,21H2,1-4H3. The van der Waals surface area contributed by atoms with Gasteiger partial charge < -0.3 is 14.4 Å². The average Bonchev–Trinajstić information content (AvgIpc) is 3.22. The van der Waals surface area contributed by atoms with E-state index in [0.29, 0.717) is 23.5 Å². The maximum absolute atomic E-state index is 12.9. The van der Waals surface area contributed by atoms with E-state index in [4.69, 9.17) is 9.47 Å². The molecule has 36 heavy (non-hydrogen) atoms. The van der Waals surface area contributed by atoms with Crippen molar-refractivity contribution in [2.45, 2.75) is 38.8 Å². The van der Waals surface area contributed by atoms with Crippen molar-refractivity contribution in [3.63, 3.8) is 0 Å². The van der Waals surface area contributed by atoms with Crippen LogP contribution in [0.4, 0.5) is 0 Å². The Morgan fingerprint density at radius 1 is 1.08 bits per heavy atom. The molecule has 1 amide bonds. The maximum Gasteiger partial charge on any atom is 0.260 e. The van der Waals surface area contributed by atoms with Crippen LogP contribution in [0, 0.1) is 12.8 Å². The van der Waals surface area contributed by atoms with E-state index in [1.54, 1.807) is 7.11 Å². The van der Waals surface area contributed by atoms with E-state index in [2.05, 4.69) is 60.5 Å². The lowest BCUT2D eigenvalue weighted by atomic mass is 9.84. The second-order valence-corrected chi connectivity index (χ2v) is 9.74. The third-order valence-electron chi connectivity index (χ3n) is 7.25. The van der Waals surface area contributed by atoms with E-state index in [1.165, 1.54) is 11.1 Å². The number of para-hydroxylation sites is 2. The molecule has 1 unspecified atom stereocenters. The first-order valence-electron chi connectivity index (χ1n) is 12.7. The van der Waals surface area contributed by atoms with E-state index in [1.807, 2.05) is 40.9 Å². The first-order valence-corrected chi connectivity index (χ1v) is 12.7. The Labute approximate surface area is 214 Å². The molecule has 1 atom stereocenters. The summed E-state index contributed by atoms with van der Waals surface area (Å²) in [6.07, 6.45) is 5.07. The molecule has 1 aliphatic rings. The fraction of sp³-hybridized carbons (Fsp3) is 0.448. The minimum atomic E-state index is 0.0262. The van der Waals surface area contributed by atoms with Crippen LogP contribution >= 0.6 is 0 Å². The number of carbonyl (C=O) groups is 1. The summed E-state index contributed by atoms with van der Waals surface area (Å²) in [6, 6.07) is 18.5. The molecule has 0 saturated carbocycles. The maximum atomic E-state index is 12.9. The van der Waals surface area contributed by atoms with Crippen LogP contribution in [0.5, 0.6) is 11.5 Å². The number of piperidine rings is 1. The highest BCUT2D eigenvalue weighted by molar-refractivity contribution is 5.78. The second kappa shape index (κ2) is 12.1. The molecule has 4 rings (SSSR count). The quantitative estimate of drug-likeness (QED) is 0.428. The molecule has 7 nitrogen and oxygen atoms in total. The number of amides is 1. The third-order valence-corrected chi connectivity index (χ3v) is 7.25. The number of aromatic nitrogens is 2. The largest absolute Gasteiger partial charge is 0.493 e. The summed E-state index contributed by atoms with van der Waals surface area (Å²) in [4.78, 5) is 17.3. The Morgan fingerprint density at radius 3 is 2.39 bits per heavy atom. The van der Waals surface area contributed by atoms with Crippen LogP contribution in [0.2, 0.25) is 0 Å². The normalized spacial score (nSPS) is 15.2. The third kappa shape index (κ3) is 6.46. The van der Waals surface area contributed by atoms with E-state index < -0.39 is 0 Å². The van der Waals surface area contributed by atoms with Gasteiger partial charge in [-0.15, -0.1) is 0 Å². The number of benzene rings is 2. The monoisotopic (exact) mass is 490 g/mol. The van der Waals surface area contributed by atoms with Crippen LogP contribution in [-0.2, 0) is 24.8 Å². The van der Waals surface area contributed by atoms with Gasteiger partial charge in [0.05, 0.1) is 12.8 Å². The number of hydrogen-bond acceptors (Lipinski definition) is 5. The fourth-order valence-corrected chi connectivity index (χ4v) is 5.23. The lowest BCUT2D eigenvalue weighted by molar-refractivity contribution is -0.135. The van der Waals surface area contributed by atoms with Crippen LogP contribution in [0.15, 0.2) is 60.8 Å². The molecule has 2 aromatic carbocycles. The zero-order chi connectivity index (χ0) is 25.5. The van der Waals surface area contributed by atoms with Gasteiger partial charge in [0.15, 0.2) is 18.1 Å². The summed E-state index contributed by atoms with van der Waals surface area (Å²) in [6.45, 7) is 4.47. The number of likely N-dealkylation sites (tertiary alicyclic amines) is 1. The molecule has 0 bridgehead atoms. The highest BCUT2D eigenvalue weighted by Gasteiger charge is 2.31. The number of hydrogen-bond donors (Lipinski definition) is 0. The number of rotatable bonds is 10. The predicted octanol–water partition coefficient (Wildman–Crippen LogP) is 4.10. The minimum Gasteiger partial charge on any atom is -0.493 e. The molecular weight excluding hydrogens is 452 g/mol. The highest BCUT2D eigenvalue weighted by atomic mass is 16.5. The van der Waals surface area contributed by atoms with E-state index in [9.17, 15) is 4.79 Å². The molecule has 0 radical (unpaired) electrons. The van der Waals surface area contributed by atoms with E-state index in [-0.39, 0.29) is 12.5 Å². The first-order chi connectivity index (χ1) is 17.4. The Kier molecular flexibility index (Phi) is 8.65. The van der Waals surface area contributed by atoms with E-state index in [0.717, 1.165) is 44.6 Å². The summed E-state index contributed by atoms with van der Waals surface area (Å²) in [5, 5.41) is 4.53. The SMILES string of the molecule is COc1ccccc1OCC(=O)N1CCC(C(Cc2ccccc2)N(C)Cc2cn(C)nc2C)CC1. The van der Waals surface area contributed by atoms with E-state index >= 15 is 0 Å². The van der Waals surface area contributed by atoms with Crippen LogP contribution < -0.4 is 9.47 Å². The van der Waals surface area contributed by atoms with Crippen molar-refractivity contribution in [3.8, 4) is 11.5 Å². The summed E-state index contributed by atoms with van der Waals surface area (Å²) < 4.78 is 13.0. The van der Waals surface area contributed by atoms with Crippen LogP contribution in [0.1, 0.15) is 29.7 Å². The number of aryl methyl sites for hydroxylation is 2. The average molecular weight is 491 g/mol. The van der Waals surface area contributed by atoms with Gasteiger partial charge in [-0.05, 0) is 56.8 Å². The minimum absolute atomic E-state index is 0.0262. The van der Waals surface area contributed by atoms with Gasteiger partial charge in [-0.3, -0.25) is 14.4 Å². The molecule has 3 aromatic rings. The van der Waals surface area contributed by atoms with Gasteiger partial charge in [-0.1, -0.05) is 42.5 Å². The zero-order valence-corrected chi connectivity index (χ0v) is 21.9. The van der Waals surface area contributed by atoms with Crippen molar-refractivity contribution >= 4 is 5.91 Å². The number of methoxy groups -OCH3 is 1. The van der Waals surface area contributed by atoms with Crippen molar-refractivity contribution in [1.82, 2.24) is 19.6 Å². The number of carbonyl (C=O) groups excluding carboxylic acids is 1. The van der Waals surface area contributed by atoms with Crippen LogP contribution in [-0.4, -0.2) is 65.4 Å². The van der Waals surface area contributed by atoms with Gasteiger partial charge in [-0.2, -0.15) is 5.10 Å². The number of likely N-dealkylation sites (N-methyl/N-ethyl adjacent to an activating group) is 1. The molecule has 1 saturated heterocycles. The molecule has 0 N–H and O–H groups in total. The smallest absolute Gasteiger partial charge is 0.260 e. The summed E-state index contributed by atoms with van der Waals surface area (Å²) in [5.41, 5.74) is 3.69. The predicted molar refractivity (Wildman–Crippen MR) is 141 cm³/mol. The van der Waals surface area contributed by atoms with Crippen molar-refractivity contribution < 1.29 is 14.3 Å². The zero-order valence-electron chi connectivity index (χ0n) is 21.9. The topological polar surface area (TPSA) is 59.8 Å². The Balaban J connectivity index is 1.38. The van der Waals surface area contributed by atoms with Gasteiger partial charge >= 0.3 is 0 Å². The number of ether oxygens (including phenoxy) is 2. The van der Waals surface area contributed by atoms with Crippen molar-refractivity contribution in [2.24, 2.45) is 13.0 Å². The van der Waals surface area contributed by atoms with Gasteiger partial charge in [-0.25, -0.2) is 0 Å². The highest BCUT2D eigenvalue weighted by Crippen LogP contribution is 2.29. The first kappa shape index (κ1) is 25.8. The Bertz CT molecular complexity index is 1120. The molecule has 1 fully saturated rings. The van der Waals surface area contributed by atoms with Gasteiger partial charge in [0.2, 0.25) is 0 Å². The van der Waals surface area contributed by atoms with Crippen molar-refractivity contribution in [3.05, 3.63) is 77.6 Å². The Morgan fingerprint density at radius 2 is 1.75 bits per heavy atom. The molecule has 7 heteroatoms. The second-order valence-electron chi connectivity index (χ2n) is 9.74. The van der Waals surface area contributed by atoms with Crippen LogP contribution in [0.3, 0.4) is 0 Å². The van der Waals surface area contributed by atoms with Crippen molar-refractivity contribution in [1.29, 1.82) is 0 Å². The van der Waals surface area contributed by atoms with Crippen molar-refractivity contribution in [2.75, 3.05) is 33.9 Å². The summed E-state index contributed by atoms with van der Waals surface area (Å²) >= 11 is 0. The summed E-state index contributed by atoms with van der Waals surface area (Å²) in [5.74, 6) is 1.77. The van der Waals surface area contributed by atoms with Gasteiger partial charge in [0.25, 0.3) is 5.91 Å². The summed E-state index contributed by atoms with van der Waals surface area (Å²) in [7, 11) is 5.80. The lowest BCUT2D eigenvalue weighted by Gasteiger charge is -2.40. The lowest BCUT2D eigenvalue weighted by Crippen LogP contribution is -2.47. The fourth-order valence-electron chi connectivity index (χ4n) is 5.23. The number of nitrogens with zero attached hydrogens (tertiary/aromatic N) is 4. The molecule has 0 aliphatic carbocycles. The molecule has 1 aliphatic heterocycles. The molecule has 192 valence electrons.